The van der Waals surface area contributed by atoms with Crippen LogP contribution in [0.5, 0.6) is 5.88 Å². The normalized spacial score (nSPS) is 20.0. The minimum Gasteiger partial charge on any atom is -0.481 e. The van der Waals surface area contributed by atoms with Crippen LogP contribution in [0.4, 0.5) is 0 Å². The molecule has 1 aliphatic carbocycles. The molecule has 1 atom stereocenters. The second kappa shape index (κ2) is 10.1. The van der Waals surface area contributed by atoms with E-state index in [-0.39, 0.29) is 37.1 Å². The summed E-state index contributed by atoms with van der Waals surface area (Å²) in [4.78, 5) is 17.0. The Hall–Kier alpha value is -3.87. The molecule has 0 bridgehead atoms. The van der Waals surface area contributed by atoms with Gasteiger partial charge in [-0.25, -0.2) is 13.4 Å². The van der Waals surface area contributed by atoms with Gasteiger partial charge in [-0.3, -0.25) is 9.20 Å². The van der Waals surface area contributed by atoms with Crippen molar-refractivity contribution in [2.24, 2.45) is 5.41 Å². The Bertz CT molecular complexity index is 1910. The van der Waals surface area contributed by atoms with Crippen LogP contribution in [0.3, 0.4) is 0 Å². The first kappa shape index (κ1) is 28.9. The summed E-state index contributed by atoms with van der Waals surface area (Å²) in [5.74, 6) is -0.0556. The monoisotopic (exact) mass is 617 g/mol. The van der Waals surface area contributed by atoms with Gasteiger partial charge in [-0.15, -0.1) is 10.2 Å². The first-order valence-electron chi connectivity index (χ1n) is 14.8. The largest absolute Gasteiger partial charge is 0.481 e. The average molecular weight is 618 g/mol. The molecule has 2 fully saturated rings. The summed E-state index contributed by atoms with van der Waals surface area (Å²) in [6.07, 6.45) is 5.65. The van der Waals surface area contributed by atoms with Crippen molar-refractivity contribution in [2.45, 2.75) is 69.4 Å². The summed E-state index contributed by atoms with van der Waals surface area (Å²) in [6, 6.07) is 10.9. The van der Waals surface area contributed by atoms with Crippen LogP contribution in [-0.2, 0) is 26.1 Å². The molecule has 11 nitrogen and oxygen atoms in total. The van der Waals surface area contributed by atoms with Gasteiger partial charge in [0.05, 0.1) is 25.2 Å². The van der Waals surface area contributed by atoms with Gasteiger partial charge < -0.3 is 14.6 Å². The Morgan fingerprint density at radius 1 is 1.16 bits per heavy atom. The molecular weight excluding hydrogens is 582 g/mol. The Labute approximate surface area is 255 Å². The topological polar surface area (TPSA) is 136 Å². The quantitative estimate of drug-likeness (QED) is 0.323. The molecule has 0 radical (unpaired) electrons. The van der Waals surface area contributed by atoms with Gasteiger partial charge in [-0.2, -0.15) is 4.31 Å². The minimum absolute atomic E-state index is 0.0188. The molecule has 0 amide bonds. The predicted octanol–water partition coefficient (Wildman–Crippen LogP) is 4.21. The number of aromatic nitrogens is 4. The van der Waals surface area contributed by atoms with Crippen LogP contribution in [0, 0.1) is 19.3 Å². The minimum atomic E-state index is -3.96. The molecule has 12 heteroatoms. The van der Waals surface area contributed by atoms with Crippen molar-refractivity contribution < 1.29 is 27.8 Å². The lowest BCUT2D eigenvalue weighted by molar-refractivity contribution is -0.166. The highest BCUT2D eigenvalue weighted by Gasteiger charge is 2.49. The molecule has 1 saturated heterocycles. The van der Waals surface area contributed by atoms with Gasteiger partial charge in [0.1, 0.15) is 10.7 Å². The number of pyridine rings is 2. The number of hydrogen-bond donors (Lipinski definition) is 1. The van der Waals surface area contributed by atoms with Gasteiger partial charge in [-0.05, 0) is 86.6 Å². The van der Waals surface area contributed by atoms with Crippen LogP contribution < -0.4 is 4.74 Å². The van der Waals surface area contributed by atoms with Crippen molar-refractivity contribution >= 4 is 21.6 Å². The van der Waals surface area contributed by atoms with Crippen molar-refractivity contribution in [2.75, 3.05) is 19.8 Å². The number of sulfonamides is 1. The van der Waals surface area contributed by atoms with E-state index in [4.69, 9.17) is 9.47 Å². The number of aryl methyl sites for hydroxylation is 2. The molecule has 3 aliphatic rings. The number of benzene rings is 1. The zero-order valence-electron chi connectivity index (χ0n) is 25.1. The van der Waals surface area contributed by atoms with Gasteiger partial charge in [-0.1, -0.05) is 18.2 Å². The molecule has 44 heavy (non-hydrogen) atoms. The summed E-state index contributed by atoms with van der Waals surface area (Å²) >= 11 is 0. The highest BCUT2D eigenvalue weighted by Crippen LogP contribution is 2.45. The standard InChI is InChI=1S/C32H35N5O6S/c1-19-7-8-22(14-23(19)15-36-16-32(17-42-18-32)43-29-25(44(36,40)41)6-5-12-33-29)26(31(3,4)30(38)39)24-11-13-37-27(20(24)2)34-35-28(37)21-9-10-21/h5-8,11-14,21,26H,9-10,15-18H2,1-4H3,(H,38,39). The molecule has 1 aromatic carbocycles. The van der Waals surface area contributed by atoms with E-state index >= 15 is 0 Å². The maximum absolute atomic E-state index is 14.0. The smallest absolute Gasteiger partial charge is 0.310 e. The van der Waals surface area contributed by atoms with Crippen molar-refractivity contribution in [1.29, 1.82) is 0 Å². The maximum atomic E-state index is 14.0. The third-order valence-corrected chi connectivity index (χ3v) is 11.1. The summed E-state index contributed by atoms with van der Waals surface area (Å²) < 4.78 is 42.9. The fraction of sp³-hybridized carbons (Fsp3) is 0.438. The van der Waals surface area contributed by atoms with Gasteiger partial charge in [0.25, 0.3) is 0 Å². The SMILES string of the molecule is Cc1ccc(C(c2ccn3c(C4CC4)nnc3c2C)C(C)(C)C(=O)O)cc1CN1CC2(COC2)Oc2ncccc2S1(=O)=O. The lowest BCUT2D eigenvalue weighted by atomic mass is 9.70. The third kappa shape index (κ3) is 4.58. The summed E-state index contributed by atoms with van der Waals surface area (Å²) in [5.41, 5.74) is 2.86. The lowest BCUT2D eigenvalue weighted by Crippen LogP contribution is -2.60. The Morgan fingerprint density at radius 3 is 2.61 bits per heavy atom. The van der Waals surface area contributed by atoms with E-state index in [1.54, 1.807) is 19.9 Å². The number of fused-ring (bicyclic) bond motifs is 2. The van der Waals surface area contributed by atoms with Crippen LogP contribution >= 0.6 is 0 Å². The van der Waals surface area contributed by atoms with E-state index in [9.17, 15) is 18.3 Å². The van der Waals surface area contributed by atoms with Gasteiger partial charge in [0.15, 0.2) is 11.2 Å². The third-order valence-electron chi connectivity index (χ3n) is 9.34. The van der Waals surface area contributed by atoms with E-state index in [1.807, 2.05) is 48.7 Å². The van der Waals surface area contributed by atoms with Crippen molar-refractivity contribution in [1.82, 2.24) is 23.9 Å². The fourth-order valence-electron chi connectivity index (χ4n) is 6.44. The first-order valence-corrected chi connectivity index (χ1v) is 16.2. The van der Waals surface area contributed by atoms with E-state index in [0.29, 0.717) is 5.92 Å². The van der Waals surface area contributed by atoms with Crippen molar-refractivity contribution in [3.63, 3.8) is 0 Å². The summed E-state index contributed by atoms with van der Waals surface area (Å²) in [6.45, 7) is 8.05. The van der Waals surface area contributed by atoms with Crippen LogP contribution in [0.25, 0.3) is 5.65 Å². The number of rotatable bonds is 7. The predicted molar refractivity (Wildman–Crippen MR) is 160 cm³/mol. The van der Waals surface area contributed by atoms with Crippen molar-refractivity contribution in [3.8, 4) is 5.88 Å². The number of carboxylic acid groups (broad SMARTS) is 1. The highest BCUT2D eigenvalue weighted by molar-refractivity contribution is 7.89. The number of hydrogen-bond acceptors (Lipinski definition) is 8. The number of carboxylic acids is 1. The first-order chi connectivity index (χ1) is 20.9. The molecule has 1 saturated carbocycles. The Balaban J connectivity index is 1.32. The number of carbonyl (C=O) groups is 1. The van der Waals surface area contributed by atoms with Crippen LogP contribution in [0.1, 0.15) is 72.2 Å². The van der Waals surface area contributed by atoms with Crippen molar-refractivity contribution in [3.05, 3.63) is 82.4 Å². The molecule has 3 aromatic heterocycles. The zero-order chi connectivity index (χ0) is 31.0. The average Bonchev–Trinajstić information content (AvgIpc) is 3.73. The second-order valence-corrected chi connectivity index (χ2v) is 14.8. The molecule has 5 heterocycles. The molecule has 1 N–H and O–H groups in total. The molecule has 1 spiro atoms. The van der Waals surface area contributed by atoms with Gasteiger partial charge in [0, 0.05) is 30.8 Å². The lowest BCUT2D eigenvalue weighted by Gasteiger charge is -2.41. The molecule has 1 unspecified atom stereocenters. The van der Waals surface area contributed by atoms with E-state index in [0.717, 1.165) is 52.1 Å². The molecule has 2 aliphatic heterocycles. The van der Waals surface area contributed by atoms with E-state index < -0.39 is 32.9 Å². The van der Waals surface area contributed by atoms with Gasteiger partial charge in [0.2, 0.25) is 15.9 Å². The highest BCUT2D eigenvalue weighted by atomic mass is 32.2. The zero-order valence-corrected chi connectivity index (χ0v) is 26.0. The molecule has 4 aromatic rings. The number of aliphatic carboxylic acids is 1. The summed E-state index contributed by atoms with van der Waals surface area (Å²) in [7, 11) is -3.96. The van der Waals surface area contributed by atoms with E-state index in [1.165, 1.54) is 16.6 Å². The van der Waals surface area contributed by atoms with Crippen LogP contribution in [0.15, 0.2) is 53.7 Å². The molecular formula is C32H35N5O6S. The Kier molecular flexibility index (Phi) is 6.61. The van der Waals surface area contributed by atoms with Crippen LogP contribution in [-0.4, -0.2) is 68.7 Å². The second-order valence-electron chi connectivity index (χ2n) is 12.9. The molecule has 7 rings (SSSR count). The fourth-order valence-corrected chi connectivity index (χ4v) is 8.00. The summed E-state index contributed by atoms with van der Waals surface area (Å²) in [5, 5.41) is 19.4. The maximum Gasteiger partial charge on any atom is 0.310 e. The number of ether oxygens (including phenoxy) is 2. The molecule has 230 valence electrons. The van der Waals surface area contributed by atoms with E-state index in [2.05, 4.69) is 15.2 Å². The number of nitrogens with zero attached hydrogens (tertiary/aromatic N) is 5. The van der Waals surface area contributed by atoms with Crippen LogP contribution in [0.2, 0.25) is 0 Å². The Morgan fingerprint density at radius 2 is 1.93 bits per heavy atom. The van der Waals surface area contributed by atoms with Gasteiger partial charge >= 0.3 is 5.97 Å².